The summed E-state index contributed by atoms with van der Waals surface area (Å²) < 4.78 is 5.37. The quantitative estimate of drug-likeness (QED) is 0.875. The van der Waals surface area contributed by atoms with Crippen molar-refractivity contribution in [3.63, 3.8) is 0 Å². The summed E-state index contributed by atoms with van der Waals surface area (Å²) in [5, 5.41) is 6.23. The van der Waals surface area contributed by atoms with Crippen LogP contribution in [0.15, 0.2) is 24.3 Å². The molecule has 0 radical (unpaired) electrons. The van der Waals surface area contributed by atoms with Gasteiger partial charge in [-0.3, -0.25) is 4.79 Å². The fraction of sp³-hybridized carbons (Fsp3) is 0.533. The summed E-state index contributed by atoms with van der Waals surface area (Å²) >= 11 is 0. The minimum atomic E-state index is -0.0216. The molecule has 1 aliphatic rings. The summed E-state index contributed by atoms with van der Waals surface area (Å²) in [5.41, 5.74) is 2.00. The minimum absolute atomic E-state index is 0.0216. The number of rotatable bonds is 4. The molecule has 1 saturated heterocycles. The molecule has 0 bridgehead atoms. The molecule has 4 nitrogen and oxygen atoms in total. The SMILES string of the molecule is CNC(C)c1ccccc1NC(=O)C1CCCOC1. The molecule has 2 unspecified atom stereocenters. The van der Waals surface area contributed by atoms with E-state index in [1.807, 2.05) is 31.3 Å². The van der Waals surface area contributed by atoms with Gasteiger partial charge in [0.25, 0.3) is 0 Å². The van der Waals surface area contributed by atoms with Crippen molar-refractivity contribution in [2.75, 3.05) is 25.6 Å². The first-order chi connectivity index (χ1) is 9.22. The standard InChI is InChI=1S/C15H22N2O2/c1-11(16-2)13-7-3-4-8-14(13)17-15(18)12-6-5-9-19-10-12/h3-4,7-8,11-12,16H,5-6,9-10H2,1-2H3,(H,17,18). The maximum atomic E-state index is 12.2. The molecular formula is C15H22N2O2. The third kappa shape index (κ3) is 3.55. The maximum absolute atomic E-state index is 12.2. The van der Waals surface area contributed by atoms with Gasteiger partial charge in [0.05, 0.1) is 12.5 Å². The van der Waals surface area contributed by atoms with E-state index in [0.717, 1.165) is 30.7 Å². The zero-order valence-electron chi connectivity index (χ0n) is 11.6. The van der Waals surface area contributed by atoms with Gasteiger partial charge in [-0.05, 0) is 38.4 Å². The molecule has 0 spiro atoms. The van der Waals surface area contributed by atoms with Crippen LogP contribution in [0.25, 0.3) is 0 Å². The van der Waals surface area contributed by atoms with Crippen molar-refractivity contribution in [1.82, 2.24) is 5.32 Å². The topological polar surface area (TPSA) is 50.4 Å². The van der Waals surface area contributed by atoms with Crippen molar-refractivity contribution in [2.24, 2.45) is 5.92 Å². The predicted molar refractivity (Wildman–Crippen MR) is 76.1 cm³/mol. The molecule has 4 heteroatoms. The van der Waals surface area contributed by atoms with Crippen LogP contribution in [0.3, 0.4) is 0 Å². The molecule has 2 N–H and O–H groups in total. The fourth-order valence-electron chi connectivity index (χ4n) is 2.33. The van der Waals surface area contributed by atoms with E-state index >= 15 is 0 Å². The summed E-state index contributed by atoms with van der Waals surface area (Å²) in [7, 11) is 1.91. The van der Waals surface area contributed by atoms with Crippen LogP contribution in [0.1, 0.15) is 31.4 Å². The molecule has 1 aromatic carbocycles. The van der Waals surface area contributed by atoms with Crippen LogP contribution in [-0.2, 0) is 9.53 Å². The van der Waals surface area contributed by atoms with Crippen molar-refractivity contribution >= 4 is 11.6 Å². The summed E-state index contributed by atoms with van der Waals surface area (Å²) in [4.78, 5) is 12.2. The molecule has 0 saturated carbocycles. The van der Waals surface area contributed by atoms with Gasteiger partial charge < -0.3 is 15.4 Å². The lowest BCUT2D eigenvalue weighted by Gasteiger charge is -2.23. The highest BCUT2D eigenvalue weighted by molar-refractivity contribution is 5.93. The van der Waals surface area contributed by atoms with Gasteiger partial charge in [-0.15, -0.1) is 0 Å². The van der Waals surface area contributed by atoms with Crippen LogP contribution in [0.5, 0.6) is 0 Å². The molecule has 1 amide bonds. The highest BCUT2D eigenvalue weighted by Gasteiger charge is 2.22. The first-order valence-electron chi connectivity index (χ1n) is 6.87. The van der Waals surface area contributed by atoms with Crippen LogP contribution in [-0.4, -0.2) is 26.2 Å². The van der Waals surface area contributed by atoms with Gasteiger partial charge in [0.2, 0.25) is 5.91 Å². The van der Waals surface area contributed by atoms with E-state index in [-0.39, 0.29) is 17.9 Å². The maximum Gasteiger partial charge on any atom is 0.229 e. The van der Waals surface area contributed by atoms with Gasteiger partial charge in [0.1, 0.15) is 0 Å². The highest BCUT2D eigenvalue weighted by Crippen LogP contribution is 2.24. The number of carbonyl (C=O) groups is 1. The molecule has 1 heterocycles. The van der Waals surface area contributed by atoms with Crippen LogP contribution in [0.2, 0.25) is 0 Å². The van der Waals surface area contributed by atoms with Crippen molar-refractivity contribution in [1.29, 1.82) is 0 Å². The van der Waals surface area contributed by atoms with E-state index in [4.69, 9.17) is 4.74 Å². The molecule has 19 heavy (non-hydrogen) atoms. The van der Waals surface area contributed by atoms with E-state index < -0.39 is 0 Å². The van der Waals surface area contributed by atoms with E-state index in [1.165, 1.54) is 0 Å². The van der Waals surface area contributed by atoms with Gasteiger partial charge in [0.15, 0.2) is 0 Å². The van der Waals surface area contributed by atoms with Crippen molar-refractivity contribution in [2.45, 2.75) is 25.8 Å². The van der Waals surface area contributed by atoms with E-state index in [2.05, 4.69) is 17.6 Å². The lowest BCUT2D eigenvalue weighted by molar-refractivity contribution is -0.123. The number of benzene rings is 1. The second-order valence-corrected chi connectivity index (χ2v) is 5.00. The summed E-state index contributed by atoms with van der Waals surface area (Å²) in [6.07, 6.45) is 1.88. The normalized spacial score (nSPS) is 20.8. The number of nitrogens with one attached hydrogen (secondary N) is 2. The Morgan fingerprint density at radius 2 is 2.21 bits per heavy atom. The second-order valence-electron chi connectivity index (χ2n) is 5.00. The smallest absolute Gasteiger partial charge is 0.229 e. The predicted octanol–water partition coefficient (Wildman–Crippen LogP) is 2.33. The zero-order valence-corrected chi connectivity index (χ0v) is 11.6. The van der Waals surface area contributed by atoms with E-state index in [9.17, 15) is 4.79 Å². The number of carbonyl (C=O) groups excluding carboxylic acids is 1. The van der Waals surface area contributed by atoms with Gasteiger partial charge in [0, 0.05) is 18.3 Å². The molecule has 2 atom stereocenters. The summed E-state index contributed by atoms with van der Waals surface area (Å²) in [6, 6.07) is 8.12. The Morgan fingerprint density at radius 3 is 2.89 bits per heavy atom. The molecule has 0 aliphatic carbocycles. The Hall–Kier alpha value is -1.39. The highest BCUT2D eigenvalue weighted by atomic mass is 16.5. The number of anilines is 1. The zero-order chi connectivity index (χ0) is 13.7. The molecule has 1 aliphatic heterocycles. The average Bonchev–Trinajstić information content (AvgIpc) is 2.48. The number of hydrogen-bond donors (Lipinski definition) is 2. The molecular weight excluding hydrogens is 240 g/mol. The largest absolute Gasteiger partial charge is 0.381 e. The van der Waals surface area contributed by atoms with Crippen molar-refractivity contribution < 1.29 is 9.53 Å². The van der Waals surface area contributed by atoms with Crippen LogP contribution < -0.4 is 10.6 Å². The number of hydrogen-bond acceptors (Lipinski definition) is 3. The van der Waals surface area contributed by atoms with E-state index in [0.29, 0.717) is 6.61 Å². The third-order valence-corrected chi connectivity index (χ3v) is 3.65. The lowest BCUT2D eigenvalue weighted by atomic mass is 10.0. The second kappa shape index (κ2) is 6.68. The van der Waals surface area contributed by atoms with Crippen molar-refractivity contribution in [3.05, 3.63) is 29.8 Å². The van der Waals surface area contributed by atoms with Crippen LogP contribution in [0, 0.1) is 5.92 Å². The molecule has 0 aromatic heterocycles. The summed E-state index contributed by atoms with van der Waals surface area (Å²) in [5.74, 6) is 0.0437. The molecule has 2 rings (SSSR count). The number of para-hydroxylation sites is 1. The average molecular weight is 262 g/mol. The Kier molecular flexibility index (Phi) is 4.93. The third-order valence-electron chi connectivity index (χ3n) is 3.65. The summed E-state index contributed by atoms with van der Waals surface area (Å²) in [6.45, 7) is 3.39. The van der Waals surface area contributed by atoms with Crippen molar-refractivity contribution in [3.8, 4) is 0 Å². The molecule has 1 fully saturated rings. The lowest BCUT2D eigenvalue weighted by Crippen LogP contribution is -2.30. The Labute approximate surface area is 114 Å². The van der Waals surface area contributed by atoms with Gasteiger partial charge in [-0.1, -0.05) is 18.2 Å². The number of amides is 1. The Bertz CT molecular complexity index is 428. The van der Waals surface area contributed by atoms with Gasteiger partial charge in [-0.2, -0.15) is 0 Å². The Balaban J connectivity index is 2.07. The first-order valence-corrected chi connectivity index (χ1v) is 6.87. The van der Waals surface area contributed by atoms with E-state index in [1.54, 1.807) is 0 Å². The minimum Gasteiger partial charge on any atom is -0.381 e. The monoisotopic (exact) mass is 262 g/mol. The molecule has 1 aromatic rings. The van der Waals surface area contributed by atoms with Crippen LogP contribution >= 0.6 is 0 Å². The molecule has 104 valence electrons. The Morgan fingerprint density at radius 1 is 1.42 bits per heavy atom. The van der Waals surface area contributed by atoms with Crippen LogP contribution in [0.4, 0.5) is 5.69 Å². The fourth-order valence-corrected chi connectivity index (χ4v) is 2.33. The first kappa shape index (κ1) is 14.0. The van der Waals surface area contributed by atoms with Gasteiger partial charge in [-0.25, -0.2) is 0 Å². The number of ether oxygens (including phenoxy) is 1. The van der Waals surface area contributed by atoms with Gasteiger partial charge >= 0.3 is 0 Å².